The van der Waals surface area contributed by atoms with Crippen LogP contribution in [0.4, 0.5) is 0 Å². The lowest BCUT2D eigenvalue weighted by molar-refractivity contribution is -0.167. The fourth-order valence-electron chi connectivity index (χ4n) is 10.4. The molecule has 0 radical (unpaired) electrons. The Kier molecular flexibility index (Phi) is 66.6. The Morgan fingerprint density at radius 3 is 0.753 bits per heavy atom. The lowest BCUT2D eigenvalue weighted by Gasteiger charge is -2.18. The summed E-state index contributed by atoms with van der Waals surface area (Å²) in [5.41, 5.74) is 0. The van der Waals surface area contributed by atoms with Crippen molar-refractivity contribution in [3.63, 3.8) is 0 Å². The molecule has 6 heteroatoms. The Bertz CT molecular complexity index is 1490. The normalized spacial score (nSPS) is 12.5. The summed E-state index contributed by atoms with van der Waals surface area (Å²) >= 11 is 0. The van der Waals surface area contributed by atoms with E-state index >= 15 is 0 Å². The number of esters is 3. The Labute approximate surface area is 503 Å². The van der Waals surface area contributed by atoms with Crippen molar-refractivity contribution in [1.82, 2.24) is 0 Å². The first kappa shape index (κ1) is 77.9. The lowest BCUT2D eigenvalue weighted by Crippen LogP contribution is -2.30. The standard InChI is InChI=1S/C75H134O6/c1-4-7-10-13-16-19-22-24-26-28-30-32-34-35-36-37-38-39-41-42-44-46-48-50-53-56-59-62-65-68-74(77)80-71-72(70-79-73(76)67-64-61-58-55-52-21-18-15-12-9-6-3)81-75(78)69-66-63-60-57-54-51-49-47-45-43-40-33-31-29-27-25-23-20-17-14-11-8-5-2/h8,11,17,20,22,24-25,27-28,30-31,33,72H,4-7,9-10,12-16,18-19,21,23,26,29,32,34-71H2,1-3H3/b11-8-,20-17-,24-22-,27-25-,30-28-,33-31-. The predicted octanol–water partition coefficient (Wildman–Crippen LogP) is 24.4. The van der Waals surface area contributed by atoms with Crippen molar-refractivity contribution in [2.75, 3.05) is 13.2 Å². The number of carbonyl (C=O) groups excluding carboxylic acids is 3. The van der Waals surface area contributed by atoms with Gasteiger partial charge < -0.3 is 14.2 Å². The van der Waals surface area contributed by atoms with Crippen molar-refractivity contribution in [3.8, 4) is 0 Å². The van der Waals surface area contributed by atoms with Crippen LogP contribution in [-0.4, -0.2) is 37.2 Å². The molecule has 0 saturated carbocycles. The molecule has 0 fully saturated rings. The maximum absolute atomic E-state index is 12.9. The molecule has 0 aliphatic rings. The van der Waals surface area contributed by atoms with Gasteiger partial charge in [0.1, 0.15) is 13.2 Å². The van der Waals surface area contributed by atoms with Crippen LogP contribution in [0.2, 0.25) is 0 Å². The van der Waals surface area contributed by atoms with E-state index in [-0.39, 0.29) is 31.1 Å². The van der Waals surface area contributed by atoms with Crippen LogP contribution in [0, 0.1) is 0 Å². The molecule has 0 aromatic rings. The molecule has 0 aromatic carbocycles. The van der Waals surface area contributed by atoms with Gasteiger partial charge in [-0.2, -0.15) is 0 Å². The van der Waals surface area contributed by atoms with Crippen LogP contribution in [0.5, 0.6) is 0 Å². The third-order valence-electron chi connectivity index (χ3n) is 15.7. The summed E-state index contributed by atoms with van der Waals surface area (Å²) in [5, 5.41) is 0. The lowest BCUT2D eigenvalue weighted by atomic mass is 10.0. The zero-order valence-electron chi connectivity index (χ0n) is 54.1. The van der Waals surface area contributed by atoms with Crippen LogP contribution >= 0.6 is 0 Å². The molecule has 0 heterocycles. The van der Waals surface area contributed by atoms with Gasteiger partial charge in [0.2, 0.25) is 0 Å². The Balaban J connectivity index is 4.18. The van der Waals surface area contributed by atoms with E-state index in [9.17, 15) is 14.4 Å². The topological polar surface area (TPSA) is 78.9 Å². The van der Waals surface area contributed by atoms with Crippen LogP contribution in [0.3, 0.4) is 0 Å². The summed E-state index contributed by atoms with van der Waals surface area (Å²) in [5.74, 6) is -0.856. The van der Waals surface area contributed by atoms with Crippen molar-refractivity contribution < 1.29 is 28.6 Å². The van der Waals surface area contributed by atoms with E-state index in [4.69, 9.17) is 14.2 Å². The van der Waals surface area contributed by atoms with Gasteiger partial charge in [-0.3, -0.25) is 14.4 Å². The fraction of sp³-hybridized carbons (Fsp3) is 0.800. The van der Waals surface area contributed by atoms with E-state index in [1.807, 2.05) is 0 Å². The van der Waals surface area contributed by atoms with Gasteiger partial charge in [0.25, 0.3) is 0 Å². The molecule has 0 bridgehead atoms. The first-order valence-corrected chi connectivity index (χ1v) is 35.4. The molecule has 0 rings (SSSR count). The highest BCUT2D eigenvalue weighted by atomic mass is 16.6. The highest BCUT2D eigenvalue weighted by Crippen LogP contribution is 2.18. The van der Waals surface area contributed by atoms with Crippen molar-refractivity contribution in [3.05, 3.63) is 72.9 Å². The Morgan fingerprint density at radius 2 is 0.481 bits per heavy atom. The van der Waals surface area contributed by atoms with E-state index in [1.165, 1.54) is 238 Å². The second-order valence-electron chi connectivity index (χ2n) is 23.8. The Hall–Kier alpha value is -3.15. The van der Waals surface area contributed by atoms with Crippen molar-refractivity contribution in [2.24, 2.45) is 0 Å². The van der Waals surface area contributed by atoms with Crippen molar-refractivity contribution >= 4 is 17.9 Å². The molecule has 6 nitrogen and oxygen atoms in total. The minimum absolute atomic E-state index is 0.0723. The molecular weight excluding hydrogens is 997 g/mol. The first-order valence-electron chi connectivity index (χ1n) is 35.4. The summed E-state index contributed by atoms with van der Waals surface area (Å²) in [6.07, 6.45) is 90.8. The minimum atomic E-state index is -0.776. The van der Waals surface area contributed by atoms with Crippen LogP contribution in [0.1, 0.15) is 367 Å². The van der Waals surface area contributed by atoms with Crippen molar-refractivity contribution in [1.29, 1.82) is 0 Å². The average Bonchev–Trinajstić information content (AvgIpc) is 3.47. The summed E-state index contributed by atoms with van der Waals surface area (Å²) in [7, 11) is 0. The number of rotatable bonds is 65. The highest BCUT2D eigenvalue weighted by Gasteiger charge is 2.19. The number of ether oxygens (including phenoxy) is 3. The van der Waals surface area contributed by atoms with Crippen LogP contribution in [-0.2, 0) is 28.6 Å². The number of carbonyl (C=O) groups is 3. The van der Waals surface area contributed by atoms with Crippen LogP contribution < -0.4 is 0 Å². The number of allylic oxidation sites excluding steroid dienone is 12. The van der Waals surface area contributed by atoms with Gasteiger partial charge in [0, 0.05) is 19.3 Å². The molecular formula is C75H134O6. The van der Waals surface area contributed by atoms with Crippen molar-refractivity contribution in [2.45, 2.75) is 374 Å². The van der Waals surface area contributed by atoms with Gasteiger partial charge >= 0.3 is 17.9 Å². The first-order chi connectivity index (χ1) is 40.0. The maximum atomic E-state index is 12.9. The molecule has 0 spiro atoms. The smallest absolute Gasteiger partial charge is 0.306 e. The minimum Gasteiger partial charge on any atom is -0.462 e. The number of unbranched alkanes of at least 4 members (excludes halogenated alkanes) is 42. The number of hydrogen-bond donors (Lipinski definition) is 0. The van der Waals surface area contributed by atoms with Gasteiger partial charge in [0.05, 0.1) is 0 Å². The quantitative estimate of drug-likeness (QED) is 0.0261. The SMILES string of the molecule is CC/C=C\C/C=C\C/C=C\C/C=C\CCCCCCCCCCCCC(=O)OC(COC(=O)CCCCCCCCCCCCC)COC(=O)CCCCCCCCCCCCCCCCCCC/C=C\C/C=C\CCCCCCC. The summed E-state index contributed by atoms with van der Waals surface area (Å²) in [4.78, 5) is 38.4. The second-order valence-corrected chi connectivity index (χ2v) is 23.8. The van der Waals surface area contributed by atoms with E-state index in [1.54, 1.807) is 0 Å². The molecule has 1 unspecified atom stereocenters. The summed E-state index contributed by atoms with van der Waals surface area (Å²) < 4.78 is 17.0. The molecule has 0 aliphatic carbocycles. The summed E-state index contributed by atoms with van der Waals surface area (Å²) in [6, 6.07) is 0. The van der Waals surface area contributed by atoms with Crippen LogP contribution in [0.15, 0.2) is 72.9 Å². The zero-order valence-corrected chi connectivity index (χ0v) is 54.1. The molecule has 470 valence electrons. The molecule has 0 aliphatic heterocycles. The highest BCUT2D eigenvalue weighted by molar-refractivity contribution is 5.71. The third kappa shape index (κ3) is 67.5. The maximum Gasteiger partial charge on any atom is 0.306 e. The second kappa shape index (κ2) is 69.3. The fourth-order valence-corrected chi connectivity index (χ4v) is 10.4. The molecule has 0 N–H and O–H groups in total. The molecule has 0 saturated heterocycles. The molecule has 0 aromatic heterocycles. The summed E-state index contributed by atoms with van der Waals surface area (Å²) in [6.45, 7) is 6.56. The van der Waals surface area contributed by atoms with E-state index in [0.29, 0.717) is 19.3 Å². The van der Waals surface area contributed by atoms with E-state index in [2.05, 4.69) is 93.7 Å². The van der Waals surface area contributed by atoms with Gasteiger partial charge in [-0.15, -0.1) is 0 Å². The van der Waals surface area contributed by atoms with Gasteiger partial charge in [-0.25, -0.2) is 0 Å². The van der Waals surface area contributed by atoms with Crippen LogP contribution in [0.25, 0.3) is 0 Å². The monoisotopic (exact) mass is 1130 g/mol. The molecule has 1 atom stereocenters. The predicted molar refractivity (Wildman–Crippen MR) is 353 cm³/mol. The third-order valence-corrected chi connectivity index (χ3v) is 15.7. The average molecular weight is 1130 g/mol. The zero-order chi connectivity index (χ0) is 58.5. The van der Waals surface area contributed by atoms with Gasteiger partial charge in [0.15, 0.2) is 6.10 Å². The van der Waals surface area contributed by atoms with Gasteiger partial charge in [-0.05, 0) is 89.9 Å². The largest absolute Gasteiger partial charge is 0.462 e. The number of hydrogen-bond acceptors (Lipinski definition) is 6. The molecule has 0 amide bonds. The Morgan fingerprint density at radius 1 is 0.259 bits per heavy atom. The van der Waals surface area contributed by atoms with Gasteiger partial charge in [-0.1, -0.05) is 331 Å². The molecule has 81 heavy (non-hydrogen) atoms. The van der Waals surface area contributed by atoms with E-state index in [0.717, 1.165) is 89.9 Å². The van der Waals surface area contributed by atoms with E-state index < -0.39 is 6.10 Å².